The molecule has 0 fully saturated rings. The number of carbonyl (C=O) groups excluding carboxylic acids is 1. The average molecular weight is 229 g/mol. The number of nitrogens with two attached hydrogens (primary N) is 1. The fraction of sp³-hybridized carbons (Fsp3) is 0.167. The summed E-state index contributed by atoms with van der Waals surface area (Å²) in [4.78, 5) is 18.0. The van der Waals surface area contributed by atoms with Crippen molar-refractivity contribution in [3.8, 4) is 17.0 Å². The number of nitrogens with zero attached hydrogens (tertiary/aromatic N) is 1. The van der Waals surface area contributed by atoms with Crippen LogP contribution in [0.15, 0.2) is 24.7 Å². The van der Waals surface area contributed by atoms with Gasteiger partial charge in [0.2, 0.25) is 0 Å². The molecule has 2 aromatic heterocycles. The molecule has 0 aliphatic heterocycles. The molecule has 2 aromatic rings. The highest BCUT2D eigenvalue weighted by Crippen LogP contribution is 2.37. The van der Waals surface area contributed by atoms with Crippen molar-refractivity contribution in [3.05, 3.63) is 35.8 Å². The third-order valence-corrected chi connectivity index (χ3v) is 2.97. The Hall–Kier alpha value is -2.30. The summed E-state index contributed by atoms with van der Waals surface area (Å²) in [6.07, 6.45) is 6.22. The fourth-order valence-corrected chi connectivity index (χ4v) is 2.25. The van der Waals surface area contributed by atoms with E-state index in [-0.39, 0.29) is 0 Å². The molecule has 1 aliphatic rings. The van der Waals surface area contributed by atoms with Crippen LogP contribution in [-0.2, 0) is 12.8 Å². The summed E-state index contributed by atoms with van der Waals surface area (Å²) in [6, 6.07) is 1.96. The van der Waals surface area contributed by atoms with Crippen LogP contribution < -0.4 is 10.5 Å². The number of carbonyl (C=O) groups is 1. The molecule has 1 aliphatic carbocycles. The summed E-state index contributed by atoms with van der Waals surface area (Å²) in [5.74, 6) is 0.523. The van der Waals surface area contributed by atoms with Gasteiger partial charge in [-0.1, -0.05) is 0 Å². The van der Waals surface area contributed by atoms with E-state index in [0.29, 0.717) is 5.75 Å². The van der Waals surface area contributed by atoms with Gasteiger partial charge in [0.05, 0.1) is 5.69 Å². The van der Waals surface area contributed by atoms with Gasteiger partial charge in [0.15, 0.2) is 5.75 Å². The molecule has 1 amide bonds. The maximum atomic E-state index is 10.8. The summed E-state index contributed by atoms with van der Waals surface area (Å²) in [5, 5.41) is 0. The summed E-state index contributed by atoms with van der Waals surface area (Å²) in [7, 11) is 0. The van der Waals surface area contributed by atoms with Gasteiger partial charge in [-0.3, -0.25) is 4.98 Å². The monoisotopic (exact) mass is 229 g/mol. The first kappa shape index (κ1) is 9.89. The highest BCUT2D eigenvalue weighted by atomic mass is 16.5. The third-order valence-electron chi connectivity index (χ3n) is 2.97. The van der Waals surface area contributed by atoms with Crippen LogP contribution in [0.5, 0.6) is 5.75 Å². The van der Waals surface area contributed by atoms with E-state index in [4.69, 9.17) is 10.5 Å². The molecule has 5 heteroatoms. The Morgan fingerprint density at radius 1 is 1.47 bits per heavy atom. The Balaban J connectivity index is 2.09. The molecule has 17 heavy (non-hydrogen) atoms. The predicted molar refractivity (Wildman–Crippen MR) is 61.6 cm³/mol. The van der Waals surface area contributed by atoms with E-state index in [1.54, 1.807) is 12.4 Å². The molecule has 0 spiro atoms. The molecule has 0 radical (unpaired) electrons. The van der Waals surface area contributed by atoms with Gasteiger partial charge in [-0.2, -0.15) is 0 Å². The average Bonchev–Trinajstić information content (AvgIpc) is 2.72. The minimum Gasteiger partial charge on any atom is -0.409 e. The van der Waals surface area contributed by atoms with Crippen LogP contribution in [0, 0.1) is 0 Å². The van der Waals surface area contributed by atoms with Gasteiger partial charge < -0.3 is 15.5 Å². The van der Waals surface area contributed by atoms with Crippen molar-refractivity contribution in [2.45, 2.75) is 12.8 Å². The van der Waals surface area contributed by atoms with Crippen molar-refractivity contribution < 1.29 is 9.53 Å². The summed E-state index contributed by atoms with van der Waals surface area (Å²) >= 11 is 0. The van der Waals surface area contributed by atoms with Crippen LogP contribution >= 0.6 is 0 Å². The first-order valence-corrected chi connectivity index (χ1v) is 5.36. The summed E-state index contributed by atoms with van der Waals surface area (Å²) in [6.45, 7) is 0. The molecule has 0 unspecified atom stereocenters. The number of primary amides is 1. The molecule has 3 rings (SSSR count). The normalized spacial score (nSPS) is 12.7. The number of pyridine rings is 1. The molecular weight excluding hydrogens is 218 g/mol. The van der Waals surface area contributed by atoms with E-state index >= 15 is 0 Å². The standard InChI is InChI=1S/C12H11N3O2/c13-12(16)17-10-6-15-11-8-3-4-14-5-7(8)1-2-9(10)11/h3-6,15H,1-2H2,(H2,13,16). The molecule has 3 N–H and O–H groups in total. The third kappa shape index (κ3) is 1.56. The molecule has 0 aromatic carbocycles. The molecule has 0 saturated heterocycles. The lowest BCUT2D eigenvalue weighted by Crippen LogP contribution is -2.17. The Kier molecular flexibility index (Phi) is 2.11. The molecule has 0 atom stereocenters. The van der Waals surface area contributed by atoms with Crippen LogP contribution in [-0.4, -0.2) is 16.1 Å². The van der Waals surface area contributed by atoms with Crippen molar-refractivity contribution in [3.63, 3.8) is 0 Å². The summed E-state index contributed by atoms with van der Waals surface area (Å²) in [5.41, 5.74) is 9.33. The number of rotatable bonds is 1. The second-order valence-electron chi connectivity index (χ2n) is 3.96. The van der Waals surface area contributed by atoms with E-state index in [0.717, 1.165) is 29.7 Å². The van der Waals surface area contributed by atoms with Gasteiger partial charge >= 0.3 is 6.09 Å². The highest BCUT2D eigenvalue weighted by Gasteiger charge is 2.21. The molecule has 2 heterocycles. The number of hydrogen-bond donors (Lipinski definition) is 2. The molecular formula is C12H11N3O2. The number of fused-ring (bicyclic) bond motifs is 3. The van der Waals surface area contributed by atoms with Crippen LogP contribution in [0.4, 0.5) is 4.79 Å². The lowest BCUT2D eigenvalue weighted by atomic mass is 9.92. The highest BCUT2D eigenvalue weighted by molar-refractivity contribution is 5.75. The van der Waals surface area contributed by atoms with E-state index in [1.807, 2.05) is 12.3 Å². The lowest BCUT2D eigenvalue weighted by Gasteiger charge is -2.16. The minimum absolute atomic E-state index is 0.523. The molecule has 5 nitrogen and oxygen atoms in total. The van der Waals surface area contributed by atoms with E-state index in [9.17, 15) is 4.79 Å². The van der Waals surface area contributed by atoms with Gasteiger partial charge in [0.1, 0.15) is 0 Å². The first-order valence-electron chi connectivity index (χ1n) is 5.36. The van der Waals surface area contributed by atoms with Crippen molar-refractivity contribution in [1.29, 1.82) is 0 Å². The SMILES string of the molecule is NC(=O)Oc1c[nH]c2c1CCc1cnccc1-2. The zero-order valence-corrected chi connectivity index (χ0v) is 9.06. The number of hydrogen-bond acceptors (Lipinski definition) is 3. The maximum Gasteiger partial charge on any atom is 0.410 e. The predicted octanol–water partition coefficient (Wildman–Crippen LogP) is 1.63. The van der Waals surface area contributed by atoms with Crippen LogP contribution in [0.1, 0.15) is 11.1 Å². The van der Waals surface area contributed by atoms with Crippen LogP contribution in [0.25, 0.3) is 11.3 Å². The molecule has 0 bridgehead atoms. The van der Waals surface area contributed by atoms with E-state index in [1.165, 1.54) is 5.56 Å². The second-order valence-corrected chi connectivity index (χ2v) is 3.96. The number of aromatic nitrogens is 2. The lowest BCUT2D eigenvalue weighted by molar-refractivity contribution is 0.210. The van der Waals surface area contributed by atoms with Crippen molar-refractivity contribution in [2.24, 2.45) is 5.73 Å². The van der Waals surface area contributed by atoms with Crippen molar-refractivity contribution in [2.75, 3.05) is 0 Å². The Morgan fingerprint density at radius 2 is 2.35 bits per heavy atom. The summed E-state index contributed by atoms with van der Waals surface area (Å²) < 4.78 is 4.96. The smallest absolute Gasteiger partial charge is 0.409 e. The number of H-pyrrole nitrogens is 1. The van der Waals surface area contributed by atoms with Gasteiger partial charge in [-0.05, 0) is 24.5 Å². The Labute approximate surface area is 97.6 Å². The largest absolute Gasteiger partial charge is 0.410 e. The van der Waals surface area contributed by atoms with Gasteiger partial charge in [0, 0.05) is 29.7 Å². The van der Waals surface area contributed by atoms with Gasteiger partial charge in [0.25, 0.3) is 0 Å². The number of amides is 1. The quantitative estimate of drug-likeness (QED) is 0.779. The number of ether oxygens (including phenoxy) is 1. The number of aromatic amines is 1. The van der Waals surface area contributed by atoms with E-state index in [2.05, 4.69) is 9.97 Å². The minimum atomic E-state index is -0.785. The topological polar surface area (TPSA) is 81.0 Å². The van der Waals surface area contributed by atoms with Crippen molar-refractivity contribution >= 4 is 6.09 Å². The second kappa shape index (κ2) is 3.62. The molecule has 86 valence electrons. The van der Waals surface area contributed by atoms with Crippen LogP contribution in [0.2, 0.25) is 0 Å². The zero-order valence-electron chi connectivity index (χ0n) is 9.06. The number of nitrogens with one attached hydrogen (secondary N) is 1. The fourth-order valence-electron chi connectivity index (χ4n) is 2.25. The van der Waals surface area contributed by atoms with Crippen LogP contribution in [0.3, 0.4) is 0 Å². The Morgan fingerprint density at radius 3 is 3.18 bits per heavy atom. The first-order chi connectivity index (χ1) is 8.25. The van der Waals surface area contributed by atoms with E-state index < -0.39 is 6.09 Å². The molecule has 0 saturated carbocycles. The number of aryl methyl sites for hydroxylation is 1. The maximum absolute atomic E-state index is 10.8. The zero-order chi connectivity index (χ0) is 11.8. The Bertz CT molecular complexity index is 589. The van der Waals surface area contributed by atoms with Gasteiger partial charge in [-0.25, -0.2) is 4.79 Å². The van der Waals surface area contributed by atoms with Crippen molar-refractivity contribution in [1.82, 2.24) is 9.97 Å². The van der Waals surface area contributed by atoms with Gasteiger partial charge in [-0.15, -0.1) is 0 Å².